The lowest BCUT2D eigenvalue weighted by atomic mass is 10.3. The van der Waals surface area contributed by atoms with Gasteiger partial charge in [0, 0.05) is 12.1 Å². The van der Waals surface area contributed by atoms with E-state index in [2.05, 4.69) is 9.97 Å². The number of benzene rings is 1. The smallest absolute Gasteiger partial charge is 0.201 e. The number of H-pyrrole nitrogens is 1. The summed E-state index contributed by atoms with van der Waals surface area (Å²) in [6, 6.07) is 3.02. The van der Waals surface area contributed by atoms with Crippen molar-refractivity contribution in [2.45, 2.75) is 0 Å². The molecular formula is C8H7ClN2O2. The molecular weight excluding hydrogens is 192 g/mol. The minimum atomic E-state index is 0.115. The average Bonchev–Trinajstić information content (AvgIpc) is 2.43. The predicted molar refractivity (Wildman–Crippen MR) is 49.3 cm³/mol. The predicted octanol–water partition coefficient (Wildman–Crippen LogP) is 1.93. The molecule has 0 amide bonds. The van der Waals surface area contributed by atoms with E-state index in [-0.39, 0.29) is 11.0 Å². The van der Waals surface area contributed by atoms with E-state index >= 15 is 0 Å². The van der Waals surface area contributed by atoms with Gasteiger partial charge in [-0.1, -0.05) is 0 Å². The number of nitrogens with one attached hydrogen (secondary N) is 1. The number of hydrogen-bond donors (Lipinski definition) is 2. The molecule has 1 aromatic heterocycles. The highest BCUT2D eigenvalue weighted by atomic mass is 35.5. The molecule has 2 N–H and O–H groups in total. The first-order chi connectivity index (χ1) is 6.20. The molecule has 0 saturated heterocycles. The second-order valence-electron chi connectivity index (χ2n) is 2.57. The van der Waals surface area contributed by atoms with Crippen LogP contribution in [-0.4, -0.2) is 22.2 Å². The Morgan fingerprint density at radius 1 is 1.54 bits per heavy atom. The summed E-state index contributed by atoms with van der Waals surface area (Å²) in [5, 5.41) is 9.56. The van der Waals surface area contributed by atoms with E-state index in [0.29, 0.717) is 16.8 Å². The fourth-order valence-corrected chi connectivity index (χ4v) is 1.38. The minimum absolute atomic E-state index is 0.115. The quantitative estimate of drug-likeness (QED) is 0.736. The first-order valence-electron chi connectivity index (χ1n) is 3.63. The third-order valence-electron chi connectivity index (χ3n) is 1.73. The van der Waals surface area contributed by atoms with Crippen LogP contribution in [0.15, 0.2) is 12.1 Å². The molecule has 0 radical (unpaired) electrons. The normalized spacial score (nSPS) is 10.6. The van der Waals surface area contributed by atoms with E-state index in [0.717, 1.165) is 0 Å². The maximum absolute atomic E-state index is 9.28. The van der Waals surface area contributed by atoms with Gasteiger partial charge < -0.3 is 14.8 Å². The molecule has 0 spiro atoms. The largest absolute Gasteiger partial charge is 0.508 e. The molecule has 0 aliphatic heterocycles. The van der Waals surface area contributed by atoms with E-state index in [1.165, 1.54) is 19.2 Å². The van der Waals surface area contributed by atoms with Crippen LogP contribution in [0.1, 0.15) is 0 Å². The van der Waals surface area contributed by atoms with Crippen molar-refractivity contribution >= 4 is 22.6 Å². The molecule has 0 bridgehead atoms. The maximum Gasteiger partial charge on any atom is 0.201 e. The number of rotatable bonds is 1. The number of halogens is 1. The van der Waals surface area contributed by atoms with Gasteiger partial charge in [-0.2, -0.15) is 0 Å². The van der Waals surface area contributed by atoms with E-state index < -0.39 is 0 Å². The van der Waals surface area contributed by atoms with Crippen molar-refractivity contribution in [2.75, 3.05) is 7.11 Å². The Balaban J connectivity index is 2.80. The zero-order chi connectivity index (χ0) is 9.42. The number of aromatic amines is 1. The number of imidazole rings is 1. The second-order valence-corrected chi connectivity index (χ2v) is 2.93. The number of aromatic hydroxyl groups is 1. The zero-order valence-electron chi connectivity index (χ0n) is 6.84. The minimum Gasteiger partial charge on any atom is -0.508 e. The molecule has 1 aromatic carbocycles. The number of methoxy groups -OCH3 is 1. The molecule has 1 heterocycles. The van der Waals surface area contributed by atoms with Crippen LogP contribution in [0.4, 0.5) is 0 Å². The topological polar surface area (TPSA) is 58.1 Å². The van der Waals surface area contributed by atoms with Gasteiger partial charge in [-0.25, -0.2) is 4.98 Å². The Labute approximate surface area is 79.1 Å². The summed E-state index contributed by atoms with van der Waals surface area (Å²) < 4.78 is 5.02. The van der Waals surface area contributed by atoms with Gasteiger partial charge in [0.2, 0.25) is 5.28 Å². The Bertz CT molecular complexity index is 453. The fourth-order valence-electron chi connectivity index (χ4n) is 1.20. The van der Waals surface area contributed by atoms with Crippen LogP contribution in [0.5, 0.6) is 11.5 Å². The molecule has 13 heavy (non-hydrogen) atoms. The number of ether oxygens (including phenoxy) is 1. The molecule has 0 atom stereocenters. The number of hydrogen-bond acceptors (Lipinski definition) is 3. The third-order valence-corrected chi connectivity index (χ3v) is 1.91. The van der Waals surface area contributed by atoms with Crippen LogP contribution in [0, 0.1) is 0 Å². The molecule has 2 rings (SSSR count). The Morgan fingerprint density at radius 2 is 2.31 bits per heavy atom. The van der Waals surface area contributed by atoms with Gasteiger partial charge in [0.1, 0.15) is 17.0 Å². The second kappa shape index (κ2) is 2.81. The summed E-state index contributed by atoms with van der Waals surface area (Å²) in [5.41, 5.74) is 1.27. The number of phenolic OH excluding ortho intramolecular Hbond substituents is 1. The SMILES string of the molecule is COc1cc(O)cc2[nH]c(Cl)nc12. The van der Waals surface area contributed by atoms with Gasteiger partial charge in [-0.3, -0.25) is 0 Å². The van der Waals surface area contributed by atoms with Crippen molar-refractivity contribution < 1.29 is 9.84 Å². The highest BCUT2D eigenvalue weighted by Gasteiger charge is 2.08. The van der Waals surface area contributed by atoms with Gasteiger partial charge in [-0.15, -0.1) is 0 Å². The number of fused-ring (bicyclic) bond motifs is 1. The van der Waals surface area contributed by atoms with Crippen molar-refractivity contribution in [2.24, 2.45) is 0 Å². The highest BCUT2D eigenvalue weighted by Crippen LogP contribution is 2.29. The van der Waals surface area contributed by atoms with E-state index in [9.17, 15) is 5.11 Å². The van der Waals surface area contributed by atoms with E-state index in [1.807, 2.05) is 0 Å². The van der Waals surface area contributed by atoms with E-state index in [4.69, 9.17) is 16.3 Å². The number of aromatic nitrogens is 2. The molecule has 0 aliphatic carbocycles. The van der Waals surface area contributed by atoms with Crippen molar-refractivity contribution in [3.63, 3.8) is 0 Å². The van der Waals surface area contributed by atoms with E-state index in [1.54, 1.807) is 0 Å². The Kier molecular flexibility index (Phi) is 1.77. The standard InChI is InChI=1S/C8H7ClN2O2/c1-13-6-3-4(12)2-5-7(6)11-8(9)10-5/h2-3,12H,1H3,(H,10,11). The maximum atomic E-state index is 9.28. The van der Waals surface area contributed by atoms with Crippen LogP contribution >= 0.6 is 11.6 Å². The summed E-state index contributed by atoms with van der Waals surface area (Å²) in [4.78, 5) is 6.79. The molecule has 4 nitrogen and oxygen atoms in total. The van der Waals surface area contributed by atoms with Gasteiger partial charge in [-0.05, 0) is 11.6 Å². The van der Waals surface area contributed by atoms with Crippen LogP contribution < -0.4 is 4.74 Å². The molecule has 0 fully saturated rings. The lowest BCUT2D eigenvalue weighted by Crippen LogP contribution is -1.83. The first kappa shape index (κ1) is 8.19. The van der Waals surface area contributed by atoms with Crippen molar-refractivity contribution in [3.8, 4) is 11.5 Å². The monoisotopic (exact) mass is 198 g/mol. The van der Waals surface area contributed by atoms with Crippen LogP contribution in [0.3, 0.4) is 0 Å². The molecule has 0 unspecified atom stereocenters. The average molecular weight is 199 g/mol. The summed E-state index contributed by atoms with van der Waals surface area (Å²) in [6.07, 6.45) is 0. The number of nitrogens with zero attached hydrogens (tertiary/aromatic N) is 1. The molecule has 0 saturated carbocycles. The Morgan fingerprint density at radius 3 is 3.00 bits per heavy atom. The van der Waals surface area contributed by atoms with Crippen molar-refractivity contribution in [3.05, 3.63) is 17.4 Å². The lowest BCUT2D eigenvalue weighted by molar-refractivity contribution is 0.412. The first-order valence-corrected chi connectivity index (χ1v) is 4.00. The van der Waals surface area contributed by atoms with Crippen molar-refractivity contribution in [1.82, 2.24) is 9.97 Å². The fraction of sp³-hybridized carbons (Fsp3) is 0.125. The van der Waals surface area contributed by atoms with Crippen LogP contribution in [0.2, 0.25) is 5.28 Å². The molecule has 5 heteroatoms. The molecule has 0 aliphatic rings. The summed E-state index contributed by atoms with van der Waals surface area (Å²) in [7, 11) is 1.51. The van der Waals surface area contributed by atoms with Gasteiger partial charge in [0.05, 0.1) is 12.6 Å². The summed E-state index contributed by atoms with van der Waals surface area (Å²) in [6.45, 7) is 0. The third kappa shape index (κ3) is 1.29. The number of phenols is 1. The summed E-state index contributed by atoms with van der Waals surface area (Å²) >= 11 is 5.66. The van der Waals surface area contributed by atoms with Crippen LogP contribution in [0.25, 0.3) is 11.0 Å². The van der Waals surface area contributed by atoms with Crippen molar-refractivity contribution in [1.29, 1.82) is 0 Å². The van der Waals surface area contributed by atoms with Gasteiger partial charge in [0.15, 0.2) is 0 Å². The van der Waals surface area contributed by atoms with Gasteiger partial charge >= 0.3 is 0 Å². The molecule has 2 aromatic rings. The lowest BCUT2D eigenvalue weighted by Gasteiger charge is -2.00. The highest BCUT2D eigenvalue weighted by molar-refractivity contribution is 6.29. The van der Waals surface area contributed by atoms with Crippen LogP contribution in [-0.2, 0) is 0 Å². The Hall–Kier alpha value is -1.42. The summed E-state index contributed by atoms with van der Waals surface area (Å²) in [5.74, 6) is 0.614. The molecule has 68 valence electrons. The zero-order valence-corrected chi connectivity index (χ0v) is 7.59. The van der Waals surface area contributed by atoms with Gasteiger partial charge in [0.25, 0.3) is 0 Å².